The summed E-state index contributed by atoms with van der Waals surface area (Å²) >= 11 is 0. The number of hydrogen-bond acceptors (Lipinski definition) is 3. The molecule has 1 radical (unpaired) electrons. The summed E-state index contributed by atoms with van der Waals surface area (Å²) in [4.78, 5) is 4.89. The maximum absolute atomic E-state index is 5.24. The van der Waals surface area contributed by atoms with Crippen molar-refractivity contribution >= 4 is 17.2 Å². The number of rotatable bonds is 4. The van der Waals surface area contributed by atoms with Gasteiger partial charge in [-0.2, -0.15) is 0 Å². The number of amidine groups is 1. The Balaban J connectivity index is 1.77. The molecule has 25 heavy (non-hydrogen) atoms. The Bertz CT molecular complexity index is 927. The first-order valence-electron chi connectivity index (χ1n) is 8.20. The molecule has 0 aromatic heterocycles. The molecule has 4 rings (SSSR count). The minimum absolute atomic E-state index is 0.835. The molecule has 3 heteroatoms. The van der Waals surface area contributed by atoms with Gasteiger partial charge in [0.2, 0.25) is 5.70 Å². The number of benzene rings is 3. The van der Waals surface area contributed by atoms with E-state index in [2.05, 4.69) is 29.6 Å². The van der Waals surface area contributed by atoms with Crippen LogP contribution in [0.15, 0.2) is 84.9 Å². The molecule has 0 saturated heterocycles. The molecular weight excluding hydrogens is 308 g/mol. The first-order valence-corrected chi connectivity index (χ1v) is 8.20. The standard InChI is InChI=1S/C22H18N2O/c1-25-19-14-12-18(13-15-19)22-23-20(16-8-4-2-5-9-16)21(24-22)17-10-6-3-7-11-17/h2-15,23H,1H3/q+1. The van der Waals surface area contributed by atoms with Gasteiger partial charge in [0.15, 0.2) is 5.70 Å². The fourth-order valence-electron chi connectivity index (χ4n) is 2.88. The van der Waals surface area contributed by atoms with Crippen molar-refractivity contribution in [1.82, 2.24) is 10.3 Å². The first-order chi connectivity index (χ1) is 12.3. The van der Waals surface area contributed by atoms with Gasteiger partial charge in [-0.15, -0.1) is 0 Å². The molecule has 0 amide bonds. The summed E-state index contributed by atoms with van der Waals surface area (Å²) in [6.07, 6.45) is 0. The fourth-order valence-corrected chi connectivity index (χ4v) is 2.88. The quantitative estimate of drug-likeness (QED) is 0.789. The summed E-state index contributed by atoms with van der Waals surface area (Å²) in [6.45, 7) is 0. The van der Waals surface area contributed by atoms with Crippen LogP contribution in [0.25, 0.3) is 11.4 Å². The highest BCUT2D eigenvalue weighted by Crippen LogP contribution is 2.26. The molecule has 0 bridgehead atoms. The summed E-state index contributed by atoms with van der Waals surface area (Å²) < 4.78 is 5.24. The average Bonchev–Trinajstić information content (AvgIpc) is 3.15. The minimum Gasteiger partial charge on any atom is -0.497 e. The molecule has 3 aromatic carbocycles. The number of nitrogens with one attached hydrogen (secondary N) is 1. The van der Waals surface area contributed by atoms with Crippen LogP contribution in [0, 0.1) is 0 Å². The van der Waals surface area contributed by atoms with E-state index in [0.29, 0.717) is 0 Å². The molecule has 0 unspecified atom stereocenters. The zero-order valence-electron chi connectivity index (χ0n) is 13.9. The molecule has 1 aliphatic rings. The molecule has 1 aliphatic heterocycles. The predicted octanol–water partition coefficient (Wildman–Crippen LogP) is 3.91. The van der Waals surface area contributed by atoms with E-state index in [1.807, 2.05) is 60.7 Å². The molecule has 3 nitrogen and oxygen atoms in total. The van der Waals surface area contributed by atoms with Gasteiger partial charge in [0.05, 0.1) is 12.7 Å². The van der Waals surface area contributed by atoms with Gasteiger partial charge < -0.3 is 4.74 Å². The van der Waals surface area contributed by atoms with Crippen LogP contribution in [0.4, 0.5) is 0 Å². The van der Waals surface area contributed by atoms with Crippen molar-refractivity contribution in [3.63, 3.8) is 0 Å². The largest absolute Gasteiger partial charge is 0.497 e. The van der Waals surface area contributed by atoms with Crippen LogP contribution in [-0.4, -0.2) is 12.9 Å². The van der Waals surface area contributed by atoms with E-state index < -0.39 is 0 Å². The van der Waals surface area contributed by atoms with E-state index in [1.54, 1.807) is 7.11 Å². The highest BCUT2D eigenvalue weighted by molar-refractivity contribution is 6.13. The number of ether oxygens (including phenoxy) is 1. The van der Waals surface area contributed by atoms with Crippen molar-refractivity contribution < 1.29 is 4.74 Å². The van der Waals surface area contributed by atoms with Gasteiger partial charge >= 0.3 is 5.84 Å². The highest BCUT2D eigenvalue weighted by atomic mass is 16.5. The fraction of sp³-hybridized carbons (Fsp3) is 0.0455. The van der Waals surface area contributed by atoms with E-state index in [4.69, 9.17) is 9.73 Å². The Hall–Kier alpha value is -3.33. The second-order valence-electron chi connectivity index (χ2n) is 5.77. The minimum atomic E-state index is 0.835. The molecule has 0 atom stereocenters. The van der Waals surface area contributed by atoms with Crippen molar-refractivity contribution in [1.29, 1.82) is 0 Å². The van der Waals surface area contributed by atoms with Crippen molar-refractivity contribution in [2.45, 2.75) is 0 Å². The lowest BCUT2D eigenvalue weighted by Gasteiger charge is -2.02. The molecule has 1 N–H and O–H groups in total. The lowest BCUT2D eigenvalue weighted by molar-refractivity contribution is 0.415. The van der Waals surface area contributed by atoms with Crippen molar-refractivity contribution in [3.05, 3.63) is 102 Å². The number of methoxy groups -OCH3 is 1. The SMILES string of the molecule is COc1ccc(C2=[N+]C(c3ccccc3)=C(c3ccccc3)N2)cc1. The van der Waals surface area contributed by atoms with Gasteiger partial charge in [0, 0.05) is 11.1 Å². The third-order valence-corrected chi connectivity index (χ3v) is 4.18. The normalized spacial score (nSPS) is 13.4. The van der Waals surface area contributed by atoms with Gasteiger partial charge in [-0.05, 0) is 29.3 Å². The summed E-state index contributed by atoms with van der Waals surface area (Å²) in [5, 5.41) is 3.50. The second-order valence-corrected chi connectivity index (χ2v) is 5.77. The second kappa shape index (κ2) is 6.65. The van der Waals surface area contributed by atoms with Gasteiger partial charge in [0.1, 0.15) is 5.75 Å². The van der Waals surface area contributed by atoms with Crippen LogP contribution < -0.4 is 15.0 Å². The molecule has 0 fully saturated rings. The topological polar surface area (TPSA) is 35.4 Å². The predicted molar refractivity (Wildman–Crippen MR) is 102 cm³/mol. The van der Waals surface area contributed by atoms with E-state index in [9.17, 15) is 0 Å². The van der Waals surface area contributed by atoms with Gasteiger partial charge in [0.25, 0.3) is 0 Å². The monoisotopic (exact) mass is 326 g/mol. The third-order valence-electron chi connectivity index (χ3n) is 4.18. The van der Waals surface area contributed by atoms with Gasteiger partial charge in [-0.25, -0.2) is 5.32 Å². The summed E-state index contributed by atoms with van der Waals surface area (Å²) in [5.74, 6) is 1.68. The molecule has 1 heterocycles. The van der Waals surface area contributed by atoms with Crippen LogP contribution in [0.2, 0.25) is 0 Å². The van der Waals surface area contributed by atoms with Crippen LogP contribution in [0.1, 0.15) is 16.7 Å². The van der Waals surface area contributed by atoms with Crippen molar-refractivity contribution in [2.75, 3.05) is 7.11 Å². The summed E-state index contributed by atoms with van der Waals surface area (Å²) in [7, 11) is 1.67. The first kappa shape index (κ1) is 15.2. The Morgan fingerprint density at radius 3 is 1.88 bits per heavy atom. The van der Waals surface area contributed by atoms with Crippen LogP contribution in [0.5, 0.6) is 5.75 Å². The Kier molecular flexibility index (Phi) is 4.05. The van der Waals surface area contributed by atoms with Crippen LogP contribution in [0.3, 0.4) is 0 Å². The Morgan fingerprint density at radius 2 is 1.28 bits per heavy atom. The Morgan fingerprint density at radius 1 is 0.680 bits per heavy atom. The van der Waals surface area contributed by atoms with E-state index in [-0.39, 0.29) is 0 Å². The zero-order valence-corrected chi connectivity index (χ0v) is 13.9. The molecule has 3 aromatic rings. The lowest BCUT2D eigenvalue weighted by atomic mass is 10.1. The maximum Gasteiger partial charge on any atom is 0.329 e. The van der Waals surface area contributed by atoms with E-state index in [0.717, 1.165) is 39.7 Å². The third kappa shape index (κ3) is 3.04. The highest BCUT2D eigenvalue weighted by Gasteiger charge is 2.31. The molecule has 121 valence electrons. The lowest BCUT2D eigenvalue weighted by Crippen LogP contribution is -2.21. The smallest absolute Gasteiger partial charge is 0.329 e. The zero-order chi connectivity index (χ0) is 17.1. The molecule has 0 spiro atoms. The van der Waals surface area contributed by atoms with Crippen LogP contribution >= 0.6 is 0 Å². The van der Waals surface area contributed by atoms with Crippen molar-refractivity contribution in [3.8, 4) is 5.75 Å². The maximum atomic E-state index is 5.24. The molecular formula is C22H18N2O+. The number of aliphatic imine (C=N–C) groups is 1. The van der Waals surface area contributed by atoms with E-state index in [1.165, 1.54) is 0 Å². The molecule has 0 aliphatic carbocycles. The van der Waals surface area contributed by atoms with Crippen molar-refractivity contribution in [2.24, 2.45) is 0 Å². The van der Waals surface area contributed by atoms with Crippen LogP contribution in [-0.2, 0) is 0 Å². The summed E-state index contributed by atoms with van der Waals surface area (Å²) in [5.41, 5.74) is 5.22. The number of nitrogens with zero attached hydrogens (tertiary/aromatic N) is 1. The Labute approximate surface area is 147 Å². The van der Waals surface area contributed by atoms with Gasteiger partial charge in [-0.3, -0.25) is 0 Å². The van der Waals surface area contributed by atoms with E-state index >= 15 is 0 Å². The molecule has 0 saturated carbocycles. The average molecular weight is 326 g/mol. The summed E-state index contributed by atoms with van der Waals surface area (Å²) in [6, 6.07) is 28.5. The number of hydrogen-bond donors (Lipinski definition) is 1. The van der Waals surface area contributed by atoms with Gasteiger partial charge in [-0.1, -0.05) is 60.7 Å².